The first-order chi connectivity index (χ1) is 9.71. The second-order valence-electron chi connectivity index (χ2n) is 5.34. The van der Waals surface area contributed by atoms with E-state index >= 15 is 0 Å². The van der Waals surface area contributed by atoms with Crippen molar-refractivity contribution >= 4 is 6.29 Å². The first-order valence-electron chi connectivity index (χ1n) is 6.23. The molecule has 6 heteroatoms. The van der Waals surface area contributed by atoms with E-state index in [4.69, 9.17) is 4.74 Å². The first-order valence-corrected chi connectivity index (χ1v) is 6.23. The molecule has 0 saturated carbocycles. The SMILES string of the molecule is Cc1c(F)c(F)c(COCC(C)(C)C=CC=O)c(F)c1F. The van der Waals surface area contributed by atoms with Gasteiger partial charge in [0.2, 0.25) is 0 Å². The zero-order valence-electron chi connectivity index (χ0n) is 12.0. The molecule has 0 saturated heterocycles. The molecule has 0 fully saturated rings. The summed E-state index contributed by atoms with van der Waals surface area (Å²) in [5.74, 6) is -5.75. The Balaban J connectivity index is 2.86. The minimum absolute atomic E-state index is 0.0212. The molecule has 2 nitrogen and oxygen atoms in total. The van der Waals surface area contributed by atoms with Gasteiger partial charge >= 0.3 is 0 Å². The number of carbonyl (C=O) groups excluding carboxylic acids is 1. The predicted octanol–water partition coefficient (Wildman–Crippen LogP) is 3.85. The van der Waals surface area contributed by atoms with Gasteiger partial charge < -0.3 is 4.74 Å². The maximum absolute atomic E-state index is 13.6. The van der Waals surface area contributed by atoms with Gasteiger partial charge in [-0.2, -0.15) is 0 Å². The number of ether oxygens (including phenoxy) is 1. The molecular weight excluding hydrogens is 288 g/mol. The molecule has 1 aromatic carbocycles. The van der Waals surface area contributed by atoms with Crippen LogP contribution in [0.4, 0.5) is 17.6 Å². The fraction of sp³-hybridized carbons (Fsp3) is 0.400. The Morgan fingerprint density at radius 3 is 2.05 bits per heavy atom. The average molecular weight is 304 g/mol. The minimum atomic E-state index is -1.45. The van der Waals surface area contributed by atoms with Crippen LogP contribution >= 0.6 is 0 Å². The summed E-state index contributed by atoms with van der Waals surface area (Å²) in [5.41, 5.74) is -2.05. The highest BCUT2D eigenvalue weighted by Gasteiger charge is 2.23. The molecule has 0 radical (unpaired) electrons. The summed E-state index contributed by atoms with van der Waals surface area (Å²) >= 11 is 0. The number of benzene rings is 1. The largest absolute Gasteiger partial charge is 0.376 e. The standard InChI is InChI=1S/C15H16F4O2/c1-9-11(16)13(18)10(14(19)12(9)17)7-21-8-15(2,3)5-4-6-20/h4-6H,7-8H2,1-3H3. The number of allylic oxidation sites excluding steroid dienone is 1. The van der Waals surface area contributed by atoms with E-state index in [0.29, 0.717) is 6.29 Å². The third-order valence-corrected chi connectivity index (χ3v) is 2.92. The van der Waals surface area contributed by atoms with Crippen molar-refractivity contribution in [1.29, 1.82) is 0 Å². The highest BCUT2D eigenvalue weighted by atomic mass is 19.2. The van der Waals surface area contributed by atoms with Crippen LogP contribution in [0.5, 0.6) is 0 Å². The first kappa shape index (κ1) is 17.4. The lowest BCUT2D eigenvalue weighted by Crippen LogP contribution is -2.17. The fourth-order valence-corrected chi connectivity index (χ4v) is 1.68. The Hall–Kier alpha value is -1.69. The Bertz CT molecular complexity index is 536. The number of rotatable bonds is 6. The van der Waals surface area contributed by atoms with Crippen molar-refractivity contribution in [3.63, 3.8) is 0 Å². The normalized spacial score (nSPS) is 12.1. The van der Waals surface area contributed by atoms with Crippen molar-refractivity contribution in [2.45, 2.75) is 27.4 Å². The third kappa shape index (κ3) is 4.14. The summed E-state index contributed by atoms with van der Waals surface area (Å²) in [6.45, 7) is 3.83. The molecule has 1 aromatic rings. The number of hydrogen-bond donors (Lipinski definition) is 0. The highest BCUT2D eigenvalue weighted by Crippen LogP contribution is 2.25. The van der Waals surface area contributed by atoms with E-state index in [9.17, 15) is 22.4 Å². The van der Waals surface area contributed by atoms with Crippen LogP contribution in [0.3, 0.4) is 0 Å². The molecule has 0 unspecified atom stereocenters. The monoisotopic (exact) mass is 304 g/mol. The molecule has 21 heavy (non-hydrogen) atoms. The number of aldehydes is 1. The van der Waals surface area contributed by atoms with Gasteiger partial charge in [-0.25, -0.2) is 17.6 Å². The van der Waals surface area contributed by atoms with Gasteiger partial charge in [0.25, 0.3) is 0 Å². The maximum Gasteiger partial charge on any atom is 0.167 e. The molecule has 0 N–H and O–H groups in total. The summed E-state index contributed by atoms with van der Waals surface area (Å²) in [4.78, 5) is 10.2. The van der Waals surface area contributed by atoms with Crippen molar-refractivity contribution in [3.8, 4) is 0 Å². The second-order valence-corrected chi connectivity index (χ2v) is 5.34. The van der Waals surface area contributed by atoms with E-state index in [1.807, 2.05) is 0 Å². The number of halogens is 4. The quantitative estimate of drug-likeness (QED) is 0.345. The van der Waals surface area contributed by atoms with Crippen LogP contribution < -0.4 is 0 Å². The van der Waals surface area contributed by atoms with Crippen molar-refractivity contribution in [2.24, 2.45) is 5.41 Å². The molecule has 0 aliphatic rings. The molecule has 0 aromatic heterocycles. The molecule has 116 valence electrons. The molecule has 0 aliphatic carbocycles. The molecule has 0 aliphatic heterocycles. The lowest BCUT2D eigenvalue weighted by molar-refractivity contribution is -0.104. The van der Waals surface area contributed by atoms with Crippen LogP contribution in [0.2, 0.25) is 0 Å². The van der Waals surface area contributed by atoms with E-state index in [1.54, 1.807) is 19.9 Å². The van der Waals surface area contributed by atoms with E-state index in [1.165, 1.54) is 6.08 Å². The van der Waals surface area contributed by atoms with Gasteiger partial charge in [-0.1, -0.05) is 19.9 Å². The molecular formula is C15H16F4O2. The van der Waals surface area contributed by atoms with Crippen LogP contribution in [-0.4, -0.2) is 12.9 Å². The molecule has 0 heterocycles. The molecule has 0 bridgehead atoms. The summed E-state index contributed by atoms with van der Waals surface area (Å²) in [5, 5.41) is 0. The van der Waals surface area contributed by atoms with E-state index in [-0.39, 0.29) is 6.61 Å². The van der Waals surface area contributed by atoms with Crippen LogP contribution in [0, 0.1) is 35.6 Å². The maximum atomic E-state index is 13.6. The Morgan fingerprint density at radius 2 is 1.57 bits per heavy atom. The topological polar surface area (TPSA) is 26.3 Å². The zero-order valence-corrected chi connectivity index (χ0v) is 12.0. The lowest BCUT2D eigenvalue weighted by atomic mass is 9.94. The van der Waals surface area contributed by atoms with Crippen LogP contribution in [0.15, 0.2) is 12.2 Å². The van der Waals surface area contributed by atoms with Crippen LogP contribution in [0.1, 0.15) is 25.0 Å². The van der Waals surface area contributed by atoms with Gasteiger partial charge in [0.15, 0.2) is 23.3 Å². The Kier molecular flexibility index (Phi) is 5.66. The van der Waals surface area contributed by atoms with Gasteiger partial charge in [0.05, 0.1) is 18.8 Å². The molecule has 0 amide bonds. The minimum Gasteiger partial charge on any atom is -0.376 e. The van der Waals surface area contributed by atoms with Gasteiger partial charge in [0, 0.05) is 11.0 Å². The Morgan fingerprint density at radius 1 is 1.05 bits per heavy atom. The molecule has 1 rings (SSSR count). The number of hydrogen-bond acceptors (Lipinski definition) is 2. The summed E-state index contributed by atoms with van der Waals surface area (Å²) in [7, 11) is 0. The van der Waals surface area contributed by atoms with E-state index in [0.717, 1.165) is 6.92 Å². The second kappa shape index (κ2) is 6.85. The van der Waals surface area contributed by atoms with Crippen molar-refractivity contribution in [3.05, 3.63) is 46.5 Å². The summed E-state index contributed by atoms with van der Waals surface area (Å²) in [6, 6.07) is 0. The van der Waals surface area contributed by atoms with Crippen LogP contribution in [-0.2, 0) is 16.1 Å². The summed E-state index contributed by atoms with van der Waals surface area (Å²) < 4.78 is 59.1. The number of carbonyl (C=O) groups is 1. The third-order valence-electron chi connectivity index (χ3n) is 2.92. The smallest absolute Gasteiger partial charge is 0.167 e. The van der Waals surface area contributed by atoms with Gasteiger partial charge in [-0.05, 0) is 13.0 Å². The zero-order chi connectivity index (χ0) is 16.2. The van der Waals surface area contributed by atoms with Crippen molar-refractivity contribution in [1.82, 2.24) is 0 Å². The van der Waals surface area contributed by atoms with Gasteiger partial charge in [-0.15, -0.1) is 0 Å². The predicted molar refractivity (Wildman–Crippen MR) is 69.7 cm³/mol. The van der Waals surface area contributed by atoms with Gasteiger partial charge in [-0.3, -0.25) is 4.79 Å². The average Bonchev–Trinajstić information content (AvgIpc) is 2.44. The highest BCUT2D eigenvalue weighted by molar-refractivity contribution is 5.64. The molecule has 0 atom stereocenters. The van der Waals surface area contributed by atoms with Crippen molar-refractivity contribution < 1.29 is 27.1 Å². The molecule has 0 spiro atoms. The Labute approximate surface area is 120 Å². The fourth-order valence-electron chi connectivity index (χ4n) is 1.68. The van der Waals surface area contributed by atoms with Crippen molar-refractivity contribution in [2.75, 3.05) is 6.61 Å². The van der Waals surface area contributed by atoms with Crippen LogP contribution in [0.25, 0.3) is 0 Å². The lowest BCUT2D eigenvalue weighted by Gasteiger charge is -2.20. The van der Waals surface area contributed by atoms with E-state index < -0.39 is 46.4 Å². The summed E-state index contributed by atoms with van der Waals surface area (Å²) in [6.07, 6.45) is 3.42. The van der Waals surface area contributed by atoms with E-state index in [2.05, 4.69) is 0 Å². The van der Waals surface area contributed by atoms with Gasteiger partial charge in [0.1, 0.15) is 6.29 Å².